The van der Waals surface area contributed by atoms with E-state index in [1.54, 1.807) is 6.07 Å². The maximum Gasteiger partial charge on any atom is 0.268 e. The molecule has 0 radical (unpaired) electrons. The Balaban J connectivity index is 1.75. The fraction of sp³-hybridized carbons (Fsp3) is 0.133. The number of nitrogens with one attached hydrogen (secondary N) is 1. The van der Waals surface area contributed by atoms with Crippen LogP contribution >= 0.6 is 0 Å². The molecule has 5 heteroatoms. The molecular weight excluding hydrogens is 256 g/mol. The maximum atomic E-state index is 11.2. The lowest BCUT2D eigenvalue weighted by atomic mass is 10.2. The van der Waals surface area contributed by atoms with Crippen molar-refractivity contribution in [3.63, 3.8) is 0 Å². The van der Waals surface area contributed by atoms with Gasteiger partial charge in [-0.05, 0) is 11.6 Å². The van der Waals surface area contributed by atoms with Crippen LogP contribution in [0.1, 0.15) is 21.7 Å². The first-order valence-electron chi connectivity index (χ1n) is 6.17. The Morgan fingerprint density at radius 1 is 1.35 bits per heavy atom. The highest BCUT2D eigenvalue weighted by molar-refractivity contribution is 5.93. The number of nitrogens with two attached hydrogens (primary N) is 1. The van der Waals surface area contributed by atoms with Crippen molar-refractivity contribution in [1.82, 2.24) is 5.43 Å². The van der Waals surface area contributed by atoms with E-state index in [1.807, 2.05) is 47.9 Å². The number of amides is 1. The highest BCUT2D eigenvalue weighted by Gasteiger charge is 2.08. The first-order valence-corrected chi connectivity index (χ1v) is 6.17. The summed E-state index contributed by atoms with van der Waals surface area (Å²) in [5.74, 6) is 5.22. The topological polar surface area (TPSA) is 77.5 Å². The van der Waals surface area contributed by atoms with Crippen LogP contribution in [0.4, 0.5) is 0 Å². The lowest BCUT2D eigenvalue weighted by Crippen LogP contribution is -2.29. The normalized spacial score (nSPS) is 10.8. The van der Waals surface area contributed by atoms with E-state index in [1.165, 1.54) is 6.26 Å². The van der Waals surface area contributed by atoms with Crippen molar-refractivity contribution >= 4 is 12.0 Å². The molecule has 2 rings (SSSR count). The molecule has 0 aliphatic carbocycles. The van der Waals surface area contributed by atoms with Crippen LogP contribution in [-0.2, 0) is 11.3 Å². The van der Waals surface area contributed by atoms with Gasteiger partial charge in [-0.15, -0.1) is 0 Å². The second kappa shape index (κ2) is 7.28. The minimum atomic E-state index is -0.385. The van der Waals surface area contributed by atoms with Crippen LogP contribution in [0.15, 0.2) is 53.2 Å². The lowest BCUT2D eigenvalue weighted by Gasteiger charge is -1.97. The summed E-state index contributed by atoms with van der Waals surface area (Å²) in [6.07, 6.45) is 5.25. The van der Waals surface area contributed by atoms with Crippen molar-refractivity contribution in [1.29, 1.82) is 0 Å². The molecule has 0 atom stereocenters. The van der Waals surface area contributed by atoms with Crippen molar-refractivity contribution in [3.05, 3.63) is 65.6 Å². The SMILES string of the molecule is NNC(=O)c1coc(COCC=Cc2ccccc2)c1. The Morgan fingerprint density at radius 3 is 2.90 bits per heavy atom. The number of furan rings is 1. The summed E-state index contributed by atoms with van der Waals surface area (Å²) >= 11 is 0. The van der Waals surface area contributed by atoms with E-state index < -0.39 is 0 Å². The summed E-state index contributed by atoms with van der Waals surface area (Å²) < 4.78 is 10.6. The predicted molar refractivity (Wildman–Crippen MR) is 75.5 cm³/mol. The van der Waals surface area contributed by atoms with Crippen LogP contribution in [0.3, 0.4) is 0 Å². The Kier molecular flexibility index (Phi) is 5.11. The smallest absolute Gasteiger partial charge is 0.268 e. The molecule has 20 heavy (non-hydrogen) atoms. The molecule has 1 heterocycles. The van der Waals surface area contributed by atoms with E-state index in [2.05, 4.69) is 0 Å². The number of carbonyl (C=O) groups is 1. The van der Waals surface area contributed by atoms with Crippen molar-refractivity contribution in [2.75, 3.05) is 6.61 Å². The molecule has 1 aromatic heterocycles. The van der Waals surface area contributed by atoms with E-state index in [0.717, 1.165) is 5.56 Å². The first kappa shape index (κ1) is 14.0. The highest BCUT2D eigenvalue weighted by atomic mass is 16.5. The largest absolute Gasteiger partial charge is 0.466 e. The van der Waals surface area contributed by atoms with E-state index in [0.29, 0.717) is 24.5 Å². The van der Waals surface area contributed by atoms with Gasteiger partial charge in [-0.25, -0.2) is 5.84 Å². The fourth-order valence-corrected chi connectivity index (χ4v) is 1.63. The van der Waals surface area contributed by atoms with E-state index >= 15 is 0 Å². The van der Waals surface area contributed by atoms with Crippen molar-refractivity contribution < 1.29 is 13.9 Å². The molecule has 2 aromatic rings. The van der Waals surface area contributed by atoms with Crippen LogP contribution < -0.4 is 11.3 Å². The zero-order valence-electron chi connectivity index (χ0n) is 10.9. The number of hydrazine groups is 1. The van der Waals surface area contributed by atoms with Gasteiger partial charge in [0, 0.05) is 0 Å². The monoisotopic (exact) mass is 272 g/mol. The van der Waals surface area contributed by atoms with Gasteiger partial charge in [0.2, 0.25) is 0 Å². The zero-order chi connectivity index (χ0) is 14.2. The van der Waals surface area contributed by atoms with Crippen molar-refractivity contribution in [3.8, 4) is 0 Å². The van der Waals surface area contributed by atoms with Gasteiger partial charge in [-0.3, -0.25) is 10.2 Å². The summed E-state index contributed by atoms with van der Waals surface area (Å²) in [5.41, 5.74) is 3.54. The molecule has 0 bridgehead atoms. The van der Waals surface area contributed by atoms with Crippen LogP contribution in [-0.4, -0.2) is 12.5 Å². The fourth-order valence-electron chi connectivity index (χ4n) is 1.63. The number of ether oxygens (including phenoxy) is 1. The third-order valence-corrected chi connectivity index (χ3v) is 2.62. The molecule has 1 amide bonds. The second-order valence-corrected chi connectivity index (χ2v) is 4.10. The predicted octanol–water partition coefficient (Wildman–Crippen LogP) is 2.11. The summed E-state index contributed by atoms with van der Waals surface area (Å²) in [6.45, 7) is 0.769. The van der Waals surface area contributed by atoms with Crippen molar-refractivity contribution in [2.45, 2.75) is 6.61 Å². The van der Waals surface area contributed by atoms with Gasteiger partial charge in [0.05, 0.1) is 12.2 Å². The Labute approximate surface area is 117 Å². The average Bonchev–Trinajstić information content (AvgIpc) is 2.96. The number of nitrogen functional groups attached to an aromatic ring is 1. The molecular formula is C15H16N2O3. The molecule has 5 nitrogen and oxygen atoms in total. The quantitative estimate of drug-likeness (QED) is 0.365. The van der Waals surface area contributed by atoms with Crippen LogP contribution in [0.2, 0.25) is 0 Å². The Bertz CT molecular complexity index is 576. The summed E-state index contributed by atoms with van der Waals surface area (Å²) in [6, 6.07) is 11.6. The maximum absolute atomic E-state index is 11.2. The number of carbonyl (C=O) groups excluding carboxylic acids is 1. The number of rotatable bonds is 6. The van der Waals surface area contributed by atoms with Gasteiger partial charge in [-0.1, -0.05) is 42.5 Å². The lowest BCUT2D eigenvalue weighted by molar-refractivity contribution is 0.0953. The number of hydrogen-bond acceptors (Lipinski definition) is 4. The highest BCUT2D eigenvalue weighted by Crippen LogP contribution is 2.09. The Hall–Kier alpha value is -2.37. The molecule has 0 saturated heterocycles. The van der Waals surface area contributed by atoms with E-state index in [9.17, 15) is 4.79 Å². The standard InChI is InChI=1S/C15H16N2O3/c16-17-15(18)13-9-14(20-10-13)11-19-8-4-7-12-5-2-1-3-6-12/h1-7,9-10H,8,11,16H2,(H,17,18). The first-order chi connectivity index (χ1) is 9.79. The minimum Gasteiger partial charge on any atom is -0.466 e. The van der Waals surface area contributed by atoms with Gasteiger partial charge in [0.15, 0.2) is 0 Å². The molecule has 3 N–H and O–H groups in total. The van der Waals surface area contributed by atoms with Gasteiger partial charge in [0.1, 0.15) is 18.6 Å². The second-order valence-electron chi connectivity index (χ2n) is 4.10. The van der Waals surface area contributed by atoms with Crippen LogP contribution in [0, 0.1) is 0 Å². The molecule has 0 aliphatic heterocycles. The van der Waals surface area contributed by atoms with Gasteiger partial charge in [0.25, 0.3) is 5.91 Å². The molecule has 0 unspecified atom stereocenters. The van der Waals surface area contributed by atoms with E-state index in [4.69, 9.17) is 15.0 Å². The zero-order valence-corrected chi connectivity index (χ0v) is 10.9. The average molecular weight is 272 g/mol. The van der Waals surface area contributed by atoms with Crippen molar-refractivity contribution in [2.24, 2.45) is 5.84 Å². The minimum absolute atomic E-state index is 0.303. The summed E-state index contributed by atoms with van der Waals surface area (Å²) in [5, 5.41) is 0. The molecule has 0 aliphatic rings. The van der Waals surface area contributed by atoms with Gasteiger partial charge in [-0.2, -0.15) is 0 Å². The van der Waals surface area contributed by atoms with Crippen LogP contribution in [0.5, 0.6) is 0 Å². The molecule has 1 aromatic carbocycles. The van der Waals surface area contributed by atoms with Gasteiger partial charge < -0.3 is 9.15 Å². The molecule has 0 spiro atoms. The third-order valence-electron chi connectivity index (χ3n) is 2.62. The number of hydrogen-bond donors (Lipinski definition) is 2. The van der Waals surface area contributed by atoms with Crippen LogP contribution in [0.25, 0.3) is 6.08 Å². The molecule has 0 fully saturated rings. The summed E-state index contributed by atoms with van der Waals surface area (Å²) in [4.78, 5) is 11.2. The van der Waals surface area contributed by atoms with E-state index in [-0.39, 0.29) is 5.91 Å². The number of benzene rings is 1. The summed E-state index contributed by atoms with van der Waals surface area (Å²) in [7, 11) is 0. The molecule has 0 saturated carbocycles. The Morgan fingerprint density at radius 2 is 2.15 bits per heavy atom. The van der Waals surface area contributed by atoms with Gasteiger partial charge >= 0.3 is 0 Å². The third kappa shape index (κ3) is 4.08. The molecule has 104 valence electrons.